The van der Waals surface area contributed by atoms with Crippen LogP contribution in [0.15, 0.2) is 12.3 Å². The van der Waals surface area contributed by atoms with E-state index in [1.807, 2.05) is 11.8 Å². The number of nitrogens with two attached hydrogens (primary N) is 1. The quantitative estimate of drug-likeness (QED) is 0.663. The predicted molar refractivity (Wildman–Crippen MR) is 74.2 cm³/mol. The van der Waals surface area contributed by atoms with E-state index in [-0.39, 0.29) is 10.6 Å². The Morgan fingerprint density at radius 3 is 3.00 bits per heavy atom. The van der Waals surface area contributed by atoms with Crippen LogP contribution in [0.3, 0.4) is 0 Å². The van der Waals surface area contributed by atoms with E-state index in [1.165, 1.54) is 0 Å². The van der Waals surface area contributed by atoms with Crippen LogP contribution in [0.5, 0.6) is 0 Å². The first-order chi connectivity index (χ1) is 9.02. The summed E-state index contributed by atoms with van der Waals surface area (Å²) in [4.78, 5) is 17.0. The highest BCUT2D eigenvalue weighted by atomic mass is 16.6. The topological polar surface area (TPSA) is 85.3 Å². The Balaban J connectivity index is 2.29. The molecule has 6 heteroatoms. The first kappa shape index (κ1) is 13.7. The van der Waals surface area contributed by atoms with Gasteiger partial charge in [0.2, 0.25) is 5.82 Å². The van der Waals surface area contributed by atoms with Gasteiger partial charge >= 0.3 is 5.69 Å². The van der Waals surface area contributed by atoms with E-state index >= 15 is 0 Å². The molecule has 0 aliphatic carbocycles. The maximum atomic E-state index is 11.1. The fourth-order valence-corrected chi connectivity index (χ4v) is 2.57. The molecule has 2 unspecified atom stereocenters. The molecule has 2 N–H and O–H groups in total. The molecule has 0 amide bonds. The summed E-state index contributed by atoms with van der Waals surface area (Å²) in [6, 6.07) is 1.58. The van der Waals surface area contributed by atoms with Crippen LogP contribution in [0.1, 0.15) is 18.9 Å². The zero-order valence-corrected chi connectivity index (χ0v) is 11.4. The lowest BCUT2D eigenvalue weighted by Gasteiger charge is -2.36. The van der Waals surface area contributed by atoms with Crippen molar-refractivity contribution in [3.05, 3.63) is 27.9 Å². The molecular weight excluding hydrogens is 244 g/mol. The van der Waals surface area contributed by atoms with E-state index in [0.717, 1.165) is 25.1 Å². The second kappa shape index (κ2) is 5.52. The van der Waals surface area contributed by atoms with Crippen molar-refractivity contribution in [3.8, 4) is 0 Å². The second-order valence-electron chi connectivity index (χ2n) is 5.32. The van der Waals surface area contributed by atoms with E-state index in [1.54, 1.807) is 12.3 Å². The zero-order chi connectivity index (χ0) is 14.0. The minimum absolute atomic E-state index is 0.0883. The highest BCUT2D eigenvalue weighted by Crippen LogP contribution is 2.31. The Morgan fingerprint density at radius 2 is 2.37 bits per heavy atom. The van der Waals surface area contributed by atoms with Crippen molar-refractivity contribution in [2.45, 2.75) is 20.3 Å². The fraction of sp³-hybridized carbons (Fsp3) is 0.615. The van der Waals surface area contributed by atoms with Gasteiger partial charge in [-0.25, -0.2) is 4.98 Å². The molecule has 1 aliphatic heterocycles. The molecule has 6 nitrogen and oxygen atoms in total. The lowest BCUT2D eigenvalue weighted by Crippen LogP contribution is -2.43. The number of nitro groups is 1. The van der Waals surface area contributed by atoms with Gasteiger partial charge in [0.25, 0.3) is 0 Å². The van der Waals surface area contributed by atoms with Gasteiger partial charge in [-0.15, -0.1) is 0 Å². The number of rotatable bonds is 3. The molecule has 0 spiro atoms. The van der Waals surface area contributed by atoms with Crippen molar-refractivity contribution in [3.63, 3.8) is 0 Å². The third-order valence-electron chi connectivity index (χ3n) is 3.90. The average molecular weight is 264 g/mol. The van der Waals surface area contributed by atoms with Crippen LogP contribution in [-0.2, 0) is 0 Å². The first-order valence-electron chi connectivity index (χ1n) is 6.59. The van der Waals surface area contributed by atoms with Gasteiger partial charge in [-0.2, -0.15) is 0 Å². The molecule has 1 aromatic rings. The number of anilines is 1. The van der Waals surface area contributed by atoms with Crippen LogP contribution in [-0.4, -0.2) is 29.5 Å². The van der Waals surface area contributed by atoms with E-state index in [0.29, 0.717) is 24.2 Å². The summed E-state index contributed by atoms with van der Waals surface area (Å²) in [6.07, 6.45) is 2.67. The molecule has 2 atom stereocenters. The predicted octanol–water partition coefficient (Wildman–Crippen LogP) is 1.72. The molecule has 104 valence electrons. The summed E-state index contributed by atoms with van der Waals surface area (Å²) >= 11 is 0. The molecule has 2 rings (SSSR count). The summed E-state index contributed by atoms with van der Waals surface area (Å²) in [5.41, 5.74) is 6.67. The standard InChI is InChI=1S/C13H20N4O2/c1-9-5-12(17(18)19)13(15-7-9)16-4-3-10(2)11(6-14)8-16/h5,7,10-11H,3-4,6,8,14H2,1-2H3. The maximum absolute atomic E-state index is 11.1. The van der Waals surface area contributed by atoms with Crippen LogP contribution in [0.2, 0.25) is 0 Å². The molecule has 1 aliphatic rings. The van der Waals surface area contributed by atoms with Gasteiger partial charge in [0, 0.05) is 25.4 Å². The van der Waals surface area contributed by atoms with Gasteiger partial charge in [0.1, 0.15) is 0 Å². The fourth-order valence-electron chi connectivity index (χ4n) is 2.57. The highest BCUT2D eigenvalue weighted by Gasteiger charge is 2.29. The van der Waals surface area contributed by atoms with Gasteiger partial charge in [-0.1, -0.05) is 6.92 Å². The Bertz CT molecular complexity index is 478. The third-order valence-corrected chi connectivity index (χ3v) is 3.90. The van der Waals surface area contributed by atoms with Crippen molar-refractivity contribution in [1.29, 1.82) is 0 Å². The number of aryl methyl sites for hydroxylation is 1. The molecule has 1 saturated heterocycles. The van der Waals surface area contributed by atoms with E-state index in [9.17, 15) is 10.1 Å². The number of hydrogen-bond donors (Lipinski definition) is 1. The number of aromatic nitrogens is 1. The van der Waals surface area contributed by atoms with Gasteiger partial charge < -0.3 is 10.6 Å². The van der Waals surface area contributed by atoms with E-state index < -0.39 is 0 Å². The van der Waals surface area contributed by atoms with Crippen molar-refractivity contribution in [2.24, 2.45) is 17.6 Å². The Morgan fingerprint density at radius 1 is 1.63 bits per heavy atom. The molecule has 0 aromatic carbocycles. The molecule has 0 bridgehead atoms. The summed E-state index contributed by atoms with van der Waals surface area (Å²) in [7, 11) is 0. The molecule has 1 fully saturated rings. The van der Waals surface area contributed by atoms with Crippen LogP contribution in [0.25, 0.3) is 0 Å². The SMILES string of the molecule is Cc1cnc(N2CCC(C)C(CN)C2)c([N+](=O)[O-])c1. The van der Waals surface area contributed by atoms with Gasteiger partial charge in [-0.3, -0.25) is 10.1 Å². The summed E-state index contributed by atoms with van der Waals surface area (Å²) in [6.45, 7) is 6.15. The van der Waals surface area contributed by atoms with Crippen molar-refractivity contribution in [2.75, 3.05) is 24.5 Å². The zero-order valence-electron chi connectivity index (χ0n) is 11.4. The average Bonchev–Trinajstić information content (AvgIpc) is 2.39. The maximum Gasteiger partial charge on any atom is 0.311 e. The smallest absolute Gasteiger partial charge is 0.311 e. The molecular formula is C13H20N4O2. The first-order valence-corrected chi connectivity index (χ1v) is 6.59. The highest BCUT2D eigenvalue weighted by molar-refractivity contribution is 5.58. The summed E-state index contributed by atoms with van der Waals surface area (Å²) in [5.74, 6) is 1.41. The number of pyridine rings is 1. The summed E-state index contributed by atoms with van der Waals surface area (Å²) in [5, 5.41) is 11.1. The van der Waals surface area contributed by atoms with Crippen molar-refractivity contribution < 1.29 is 4.92 Å². The summed E-state index contributed by atoms with van der Waals surface area (Å²) < 4.78 is 0. The van der Waals surface area contributed by atoms with Gasteiger partial charge in [0.15, 0.2) is 0 Å². The number of hydrogen-bond acceptors (Lipinski definition) is 5. The normalized spacial score (nSPS) is 23.4. The second-order valence-corrected chi connectivity index (χ2v) is 5.32. The molecule has 0 radical (unpaired) electrons. The molecule has 2 heterocycles. The Kier molecular flexibility index (Phi) is 3.99. The van der Waals surface area contributed by atoms with Crippen LogP contribution < -0.4 is 10.6 Å². The Labute approximate surface area is 112 Å². The minimum atomic E-state index is -0.356. The van der Waals surface area contributed by atoms with E-state index in [4.69, 9.17) is 5.73 Å². The van der Waals surface area contributed by atoms with E-state index in [2.05, 4.69) is 11.9 Å². The third kappa shape index (κ3) is 2.84. The minimum Gasteiger partial charge on any atom is -0.351 e. The number of piperidine rings is 1. The lowest BCUT2D eigenvalue weighted by molar-refractivity contribution is -0.384. The number of nitrogens with zero attached hydrogens (tertiary/aromatic N) is 3. The van der Waals surface area contributed by atoms with Gasteiger partial charge in [-0.05, 0) is 37.3 Å². The van der Waals surface area contributed by atoms with Crippen molar-refractivity contribution in [1.82, 2.24) is 4.98 Å². The Hall–Kier alpha value is -1.69. The van der Waals surface area contributed by atoms with Crippen LogP contribution in [0.4, 0.5) is 11.5 Å². The molecule has 1 aromatic heterocycles. The van der Waals surface area contributed by atoms with Crippen LogP contribution >= 0.6 is 0 Å². The lowest BCUT2D eigenvalue weighted by atomic mass is 9.87. The largest absolute Gasteiger partial charge is 0.351 e. The van der Waals surface area contributed by atoms with Gasteiger partial charge in [0.05, 0.1) is 4.92 Å². The monoisotopic (exact) mass is 264 g/mol. The van der Waals surface area contributed by atoms with Crippen molar-refractivity contribution >= 4 is 11.5 Å². The molecule has 19 heavy (non-hydrogen) atoms. The van der Waals surface area contributed by atoms with Crippen LogP contribution in [0, 0.1) is 28.9 Å². The molecule has 0 saturated carbocycles.